The highest BCUT2D eigenvalue weighted by Gasteiger charge is 2.17. The summed E-state index contributed by atoms with van der Waals surface area (Å²) in [6.07, 6.45) is 3.06. The standard InChI is InChI=1S/C16H15N5O4/c1-3-23-16(22)13-4-5-14(20-19-13)24-8-11-10(2)25-21-15(11)12-6-7-17-9-18-12/h4-7,9H,3,8H2,1-2H3. The van der Waals surface area contributed by atoms with Gasteiger partial charge in [0.25, 0.3) is 0 Å². The molecule has 3 aromatic heterocycles. The van der Waals surface area contributed by atoms with Gasteiger partial charge in [0.05, 0.1) is 17.9 Å². The van der Waals surface area contributed by atoms with Crippen LogP contribution in [-0.2, 0) is 11.3 Å². The van der Waals surface area contributed by atoms with Crippen molar-refractivity contribution in [3.05, 3.63) is 47.7 Å². The van der Waals surface area contributed by atoms with E-state index < -0.39 is 5.97 Å². The summed E-state index contributed by atoms with van der Waals surface area (Å²) < 4.78 is 15.7. The average Bonchev–Trinajstić information content (AvgIpc) is 3.02. The molecular formula is C16H15N5O4. The quantitative estimate of drug-likeness (QED) is 0.621. The molecule has 0 aliphatic carbocycles. The first-order valence-electron chi connectivity index (χ1n) is 7.54. The molecular weight excluding hydrogens is 326 g/mol. The van der Waals surface area contributed by atoms with Gasteiger partial charge in [-0.25, -0.2) is 14.8 Å². The lowest BCUT2D eigenvalue weighted by Gasteiger charge is -2.06. The first kappa shape index (κ1) is 16.5. The summed E-state index contributed by atoms with van der Waals surface area (Å²) in [5, 5.41) is 11.7. The molecule has 9 heteroatoms. The van der Waals surface area contributed by atoms with Crippen molar-refractivity contribution in [3.8, 4) is 17.3 Å². The average molecular weight is 341 g/mol. The van der Waals surface area contributed by atoms with E-state index in [0.29, 0.717) is 17.1 Å². The van der Waals surface area contributed by atoms with E-state index in [9.17, 15) is 4.79 Å². The molecule has 0 saturated heterocycles. The predicted molar refractivity (Wildman–Crippen MR) is 84.6 cm³/mol. The lowest BCUT2D eigenvalue weighted by atomic mass is 10.1. The molecule has 128 valence electrons. The molecule has 3 rings (SSSR count). The van der Waals surface area contributed by atoms with Gasteiger partial charge in [-0.05, 0) is 26.0 Å². The number of ether oxygens (including phenoxy) is 2. The third-order valence-electron chi connectivity index (χ3n) is 3.30. The summed E-state index contributed by atoms with van der Waals surface area (Å²) in [6.45, 7) is 3.95. The van der Waals surface area contributed by atoms with Gasteiger partial charge in [0.15, 0.2) is 5.69 Å². The second-order valence-electron chi connectivity index (χ2n) is 4.93. The highest BCUT2D eigenvalue weighted by Crippen LogP contribution is 2.24. The monoisotopic (exact) mass is 341 g/mol. The van der Waals surface area contributed by atoms with Gasteiger partial charge in [-0.1, -0.05) is 5.16 Å². The number of aromatic nitrogens is 5. The van der Waals surface area contributed by atoms with E-state index in [1.807, 2.05) is 0 Å². The van der Waals surface area contributed by atoms with Crippen molar-refractivity contribution in [1.82, 2.24) is 25.3 Å². The molecule has 3 heterocycles. The number of aryl methyl sites for hydroxylation is 1. The van der Waals surface area contributed by atoms with Gasteiger partial charge in [-0.15, -0.1) is 10.2 Å². The maximum absolute atomic E-state index is 11.5. The van der Waals surface area contributed by atoms with Crippen molar-refractivity contribution in [2.75, 3.05) is 6.61 Å². The second-order valence-corrected chi connectivity index (χ2v) is 4.93. The molecule has 0 aromatic carbocycles. The van der Waals surface area contributed by atoms with Crippen LogP contribution in [0.3, 0.4) is 0 Å². The number of carbonyl (C=O) groups excluding carboxylic acids is 1. The minimum absolute atomic E-state index is 0.122. The fourth-order valence-electron chi connectivity index (χ4n) is 2.05. The van der Waals surface area contributed by atoms with E-state index in [0.717, 1.165) is 5.56 Å². The first-order chi connectivity index (χ1) is 12.2. The van der Waals surface area contributed by atoms with Gasteiger partial charge >= 0.3 is 5.97 Å². The van der Waals surface area contributed by atoms with Crippen LogP contribution >= 0.6 is 0 Å². The summed E-state index contributed by atoms with van der Waals surface area (Å²) in [5.41, 5.74) is 2.08. The Labute approximate surface area is 143 Å². The Hall–Kier alpha value is -3.36. The van der Waals surface area contributed by atoms with Crippen LogP contribution in [0.4, 0.5) is 0 Å². The zero-order valence-corrected chi connectivity index (χ0v) is 13.7. The topological polar surface area (TPSA) is 113 Å². The summed E-state index contributed by atoms with van der Waals surface area (Å²) in [6, 6.07) is 4.77. The molecule has 0 bridgehead atoms. The minimum atomic E-state index is -0.525. The van der Waals surface area contributed by atoms with Crippen molar-refractivity contribution >= 4 is 5.97 Å². The fourth-order valence-corrected chi connectivity index (χ4v) is 2.05. The molecule has 0 amide bonds. The Balaban J connectivity index is 1.72. The Bertz CT molecular complexity index is 849. The maximum atomic E-state index is 11.5. The van der Waals surface area contributed by atoms with Gasteiger partial charge in [0, 0.05) is 12.3 Å². The molecule has 0 N–H and O–H groups in total. The van der Waals surface area contributed by atoms with Gasteiger partial charge in [-0.2, -0.15) is 0 Å². The van der Waals surface area contributed by atoms with Crippen LogP contribution in [0.5, 0.6) is 5.88 Å². The van der Waals surface area contributed by atoms with E-state index in [4.69, 9.17) is 14.0 Å². The van der Waals surface area contributed by atoms with Crippen LogP contribution in [0.1, 0.15) is 28.7 Å². The molecule has 0 aliphatic heterocycles. The Kier molecular flexibility index (Phi) is 4.93. The zero-order chi connectivity index (χ0) is 17.6. The van der Waals surface area contributed by atoms with Crippen LogP contribution in [0.2, 0.25) is 0 Å². The molecule has 0 fully saturated rings. The predicted octanol–water partition coefficient (Wildman–Crippen LogP) is 1.99. The summed E-state index contributed by atoms with van der Waals surface area (Å²) >= 11 is 0. The van der Waals surface area contributed by atoms with Crippen LogP contribution in [-0.4, -0.2) is 37.9 Å². The Morgan fingerprint density at radius 2 is 2.12 bits per heavy atom. The zero-order valence-electron chi connectivity index (χ0n) is 13.7. The third-order valence-corrected chi connectivity index (χ3v) is 3.30. The van der Waals surface area contributed by atoms with Crippen LogP contribution < -0.4 is 4.74 Å². The van der Waals surface area contributed by atoms with Crippen molar-refractivity contribution in [1.29, 1.82) is 0 Å². The molecule has 0 saturated carbocycles. The molecule has 0 aliphatic rings. The van der Waals surface area contributed by atoms with E-state index in [2.05, 4.69) is 25.3 Å². The minimum Gasteiger partial charge on any atom is -0.472 e. The number of hydrogen-bond donors (Lipinski definition) is 0. The Morgan fingerprint density at radius 3 is 2.80 bits per heavy atom. The van der Waals surface area contributed by atoms with Crippen molar-refractivity contribution in [3.63, 3.8) is 0 Å². The maximum Gasteiger partial charge on any atom is 0.358 e. The molecule has 0 atom stereocenters. The van der Waals surface area contributed by atoms with Crippen molar-refractivity contribution < 1.29 is 18.8 Å². The normalized spacial score (nSPS) is 10.5. The van der Waals surface area contributed by atoms with Crippen molar-refractivity contribution in [2.45, 2.75) is 20.5 Å². The first-order valence-corrected chi connectivity index (χ1v) is 7.54. The highest BCUT2D eigenvalue weighted by molar-refractivity contribution is 5.86. The van der Waals surface area contributed by atoms with E-state index in [1.165, 1.54) is 12.4 Å². The number of hydrogen-bond acceptors (Lipinski definition) is 9. The van der Waals surface area contributed by atoms with Gasteiger partial charge < -0.3 is 14.0 Å². The van der Waals surface area contributed by atoms with Crippen LogP contribution in [0, 0.1) is 6.92 Å². The lowest BCUT2D eigenvalue weighted by molar-refractivity contribution is 0.0518. The molecule has 3 aromatic rings. The summed E-state index contributed by atoms with van der Waals surface area (Å²) in [4.78, 5) is 19.6. The van der Waals surface area contributed by atoms with E-state index in [-0.39, 0.29) is 24.8 Å². The summed E-state index contributed by atoms with van der Waals surface area (Å²) in [5.74, 6) is 0.356. The van der Waals surface area contributed by atoms with Crippen molar-refractivity contribution in [2.24, 2.45) is 0 Å². The largest absolute Gasteiger partial charge is 0.472 e. The third kappa shape index (κ3) is 3.77. The van der Waals surface area contributed by atoms with Crippen LogP contribution in [0.15, 0.2) is 35.2 Å². The van der Waals surface area contributed by atoms with E-state index in [1.54, 1.807) is 32.2 Å². The van der Waals surface area contributed by atoms with E-state index >= 15 is 0 Å². The number of carbonyl (C=O) groups is 1. The summed E-state index contributed by atoms with van der Waals surface area (Å²) in [7, 11) is 0. The number of rotatable bonds is 6. The SMILES string of the molecule is CCOC(=O)c1ccc(OCc2c(-c3ccncn3)noc2C)nn1. The molecule has 0 radical (unpaired) electrons. The molecule has 0 unspecified atom stereocenters. The van der Waals surface area contributed by atoms with Gasteiger partial charge in [-0.3, -0.25) is 0 Å². The lowest BCUT2D eigenvalue weighted by Crippen LogP contribution is -2.08. The fraction of sp³-hybridized carbons (Fsp3) is 0.250. The Morgan fingerprint density at radius 1 is 1.24 bits per heavy atom. The smallest absolute Gasteiger partial charge is 0.358 e. The van der Waals surface area contributed by atoms with Gasteiger partial charge in [0.1, 0.15) is 24.4 Å². The highest BCUT2D eigenvalue weighted by atomic mass is 16.5. The molecule has 25 heavy (non-hydrogen) atoms. The number of esters is 1. The van der Waals surface area contributed by atoms with Crippen LogP contribution in [0.25, 0.3) is 11.4 Å². The molecule has 9 nitrogen and oxygen atoms in total. The molecule has 0 spiro atoms. The number of nitrogens with zero attached hydrogens (tertiary/aromatic N) is 5. The van der Waals surface area contributed by atoms with Gasteiger partial charge in [0.2, 0.25) is 5.88 Å². The second kappa shape index (κ2) is 7.47.